The van der Waals surface area contributed by atoms with E-state index in [9.17, 15) is 9.59 Å². The van der Waals surface area contributed by atoms with Gasteiger partial charge in [0.2, 0.25) is 5.91 Å². The Morgan fingerprint density at radius 2 is 1.93 bits per heavy atom. The molecule has 8 heteroatoms. The highest BCUT2D eigenvalue weighted by molar-refractivity contribution is 6.04. The number of carbonyl (C=O) groups excluding carboxylic acids is 2. The van der Waals surface area contributed by atoms with Gasteiger partial charge in [-0.2, -0.15) is 5.10 Å². The van der Waals surface area contributed by atoms with E-state index in [2.05, 4.69) is 26.1 Å². The number of urea groups is 1. The van der Waals surface area contributed by atoms with Gasteiger partial charge in [0.25, 0.3) is 0 Å². The predicted octanol–water partition coefficient (Wildman–Crippen LogP) is 2.08. The van der Waals surface area contributed by atoms with Crippen molar-refractivity contribution in [3.8, 4) is 0 Å². The van der Waals surface area contributed by atoms with Gasteiger partial charge in [-0.1, -0.05) is 18.2 Å². The molecular formula is C19H22N6O2. The average Bonchev–Trinajstić information content (AvgIpc) is 2.68. The smallest absolute Gasteiger partial charge is 0.319 e. The molecule has 0 fully saturated rings. The second-order valence-corrected chi connectivity index (χ2v) is 6.40. The molecule has 0 unspecified atom stereocenters. The van der Waals surface area contributed by atoms with Crippen molar-refractivity contribution in [3.63, 3.8) is 0 Å². The zero-order valence-corrected chi connectivity index (χ0v) is 15.3. The lowest BCUT2D eigenvalue weighted by atomic mass is 10.0. The Bertz CT molecular complexity index is 844. The average molecular weight is 366 g/mol. The Hall–Kier alpha value is -3.42. The van der Waals surface area contributed by atoms with Crippen LogP contribution in [0.4, 0.5) is 16.3 Å². The van der Waals surface area contributed by atoms with Gasteiger partial charge in [-0.25, -0.2) is 15.2 Å². The highest BCUT2D eigenvalue weighted by atomic mass is 16.2. The number of nitrogens with zero attached hydrogens (tertiary/aromatic N) is 3. The molecule has 0 saturated heterocycles. The molecule has 0 bridgehead atoms. The number of aromatic nitrogens is 1. The lowest BCUT2D eigenvalue weighted by molar-refractivity contribution is -0.121. The van der Waals surface area contributed by atoms with Gasteiger partial charge < -0.3 is 15.5 Å². The standard InChI is InChI=1S/C19H22N6O2/c1-25(2)17-9-3-13(11-20-17)12-21-19(27)22-15-6-4-14(5-7-15)16-8-10-18(26)24-23-16/h3-7,9,11H,8,10,12H2,1-2H3,(H,24,26)(H2,21,22,27). The minimum Gasteiger partial charge on any atom is -0.363 e. The molecule has 8 nitrogen and oxygen atoms in total. The number of hydrazone groups is 1. The van der Waals surface area contributed by atoms with Gasteiger partial charge in [0.15, 0.2) is 0 Å². The fourth-order valence-corrected chi connectivity index (χ4v) is 2.57. The molecule has 1 aliphatic rings. The van der Waals surface area contributed by atoms with Crippen molar-refractivity contribution in [1.82, 2.24) is 15.7 Å². The fraction of sp³-hybridized carbons (Fsp3) is 0.263. The van der Waals surface area contributed by atoms with Crippen LogP contribution in [0.15, 0.2) is 47.7 Å². The van der Waals surface area contributed by atoms with Crippen LogP contribution in [0.1, 0.15) is 24.0 Å². The number of anilines is 2. The summed E-state index contributed by atoms with van der Waals surface area (Å²) in [6.45, 7) is 0.390. The number of pyridine rings is 1. The molecular weight excluding hydrogens is 344 g/mol. The molecule has 27 heavy (non-hydrogen) atoms. The summed E-state index contributed by atoms with van der Waals surface area (Å²) in [5.74, 6) is 0.797. The van der Waals surface area contributed by atoms with E-state index >= 15 is 0 Å². The van der Waals surface area contributed by atoms with E-state index in [0.717, 1.165) is 22.7 Å². The van der Waals surface area contributed by atoms with Crippen molar-refractivity contribution in [2.45, 2.75) is 19.4 Å². The summed E-state index contributed by atoms with van der Waals surface area (Å²) in [5, 5.41) is 9.65. The van der Waals surface area contributed by atoms with Crippen LogP contribution < -0.4 is 21.0 Å². The maximum absolute atomic E-state index is 12.1. The predicted molar refractivity (Wildman–Crippen MR) is 105 cm³/mol. The molecule has 140 valence electrons. The van der Waals surface area contributed by atoms with Crippen LogP contribution in [-0.2, 0) is 11.3 Å². The summed E-state index contributed by atoms with van der Waals surface area (Å²) in [5.41, 5.74) is 5.84. The molecule has 0 aliphatic carbocycles. The monoisotopic (exact) mass is 366 g/mol. The van der Waals surface area contributed by atoms with Crippen LogP contribution in [-0.4, -0.2) is 36.7 Å². The molecule has 3 N–H and O–H groups in total. The Balaban J connectivity index is 1.51. The second-order valence-electron chi connectivity index (χ2n) is 6.40. The molecule has 3 amide bonds. The number of benzene rings is 1. The molecule has 0 radical (unpaired) electrons. The number of hydrogen-bond donors (Lipinski definition) is 3. The minimum atomic E-state index is -0.290. The van der Waals surface area contributed by atoms with Gasteiger partial charge in [-0.3, -0.25) is 4.79 Å². The van der Waals surface area contributed by atoms with Crippen LogP contribution in [0.5, 0.6) is 0 Å². The van der Waals surface area contributed by atoms with Crippen LogP contribution >= 0.6 is 0 Å². The van der Waals surface area contributed by atoms with E-state index in [1.807, 2.05) is 43.3 Å². The van der Waals surface area contributed by atoms with Crippen molar-refractivity contribution in [1.29, 1.82) is 0 Å². The summed E-state index contributed by atoms with van der Waals surface area (Å²) in [4.78, 5) is 29.4. The van der Waals surface area contributed by atoms with Gasteiger partial charge in [0.05, 0.1) is 5.71 Å². The van der Waals surface area contributed by atoms with Crippen molar-refractivity contribution in [3.05, 3.63) is 53.7 Å². The Morgan fingerprint density at radius 1 is 1.15 bits per heavy atom. The summed E-state index contributed by atoms with van der Waals surface area (Å²) in [7, 11) is 3.85. The number of rotatable bonds is 5. The lowest BCUT2D eigenvalue weighted by Crippen LogP contribution is -2.28. The normalized spacial score (nSPS) is 13.4. The van der Waals surface area contributed by atoms with E-state index in [0.29, 0.717) is 25.1 Å². The maximum Gasteiger partial charge on any atom is 0.319 e. The first-order valence-corrected chi connectivity index (χ1v) is 8.64. The zero-order chi connectivity index (χ0) is 19.2. The molecule has 0 saturated carbocycles. The number of hydrogen-bond acceptors (Lipinski definition) is 5. The molecule has 2 heterocycles. The van der Waals surface area contributed by atoms with Crippen LogP contribution in [0.2, 0.25) is 0 Å². The quantitative estimate of drug-likeness (QED) is 0.754. The zero-order valence-electron chi connectivity index (χ0n) is 15.3. The minimum absolute atomic E-state index is 0.0692. The van der Waals surface area contributed by atoms with Crippen LogP contribution in [0.25, 0.3) is 0 Å². The maximum atomic E-state index is 12.1. The summed E-state index contributed by atoms with van der Waals surface area (Å²) >= 11 is 0. The van der Waals surface area contributed by atoms with Crippen LogP contribution in [0, 0.1) is 0 Å². The Labute approximate surface area is 157 Å². The third kappa shape index (κ3) is 5.04. The van der Waals surface area contributed by atoms with Gasteiger partial charge in [-0.15, -0.1) is 0 Å². The van der Waals surface area contributed by atoms with E-state index < -0.39 is 0 Å². The molecule has 1 aromatic heterocycles. The van der Waals surface area contributed by atoms with Gasteiger partial charge in [0.1, 0.15) is 5.82 Å². The molecule has 1 aromatic carbocycles. The topological polar surface area (TPSA) is 98.7 Å². The second kappa shape index (κ2) is 8.31. The molecule has 0 spiro atoms. The molecule has 2 aromatic rings. The van der Waals surface area contributed by atoms with Gasteiger partial charge in [-0.05, 0) is 29.3 Å². The number of amides is 3. The first kappa shape index (κ1) is 18.4. The van der Waals surface area contributed by atoms with E-state index in [-0.39, 0.29) is 11.9 Å². The highest BCUT2D eigenvalue weighted by Gasteiger charge is 2.13. The van der Waals surface area contributed by atoms with Crippen molar-refractivity contribution < 1.29 is 9.59 Å². The Kier molecular flexibility index (Phi) is 5.65. The highest BCUT2D eigenvalue weighted by Crippen LogP contribution is 2.14. The lowest BCUT2D eigenvalue weighted by Gasteiger charge is -2.13. The SMILES string of the molecule is CN(C)c1ccc(CNC(=O)Nc2ccc(C3=NNC(=O)CC3)cc2)cn1. The van der Waals surface area contributed by atoms with E-state index in [4.69, 9.17) is 0 Å². The summed E-state index contributed by atoms with van der Waals surface area (Å²) < 4.78 is 0. The van der Waals surface area contributed by atoms with Crippen molar-refractivity contribution >= 4 is 29.2 Å². The molecule has 0 atom stereocenters. The molecule has 3 rings (SSSR count). The van der Waals surface area contributed by atoms with Gasteiger partial charge in [0, 0.05) is 45.4 Å². The first-order valence-electron chi connectivity index (χ1n) is 8.64. The Morgan fingerprint density at radius 3 is 2.52 bits per heavy atom. The van der Waals surface area contributed by atoms with Crippen molar-refractivity contribution in [2.24, 2.45) is 5.10 Å². The van der Waals surface area contributed by atoms with Crippen molar-refractivity contribution in [2.75, 3.05) is 24.3 Å². The first-order chi connectivity index (χ1) is 13.0. The summed E-state index contributed by atoms with van der Waals surface area (Å²) in [6, 6.07) is 10.9. The fourth-order valence-electron chi connectivity index (χ4n) is 2.57. The third-order valence-corrected chi connectivity index (χ3v) is 4.10. The number of carbonyl (C=O) groups is 2. The number of nitrogens with one attached hydrogen (secondary N) is 3. The van der Waals surface area contributed by atoms with Crippen LogP contribution in [0.3, 0.4) is 0 Å². The van der Waals surface area contributed by atoms with E-state index in [1.54, 1.807) is 18.3 Å². The summed E-state index contributed by atoms with van der Waals surface area (Å²) in [6.07, 6.45) is 2.79. The largest absolute Gasteiger partial charge is 0.363 e. The van der Waals surface area contributed by atoms with E-state index in [1.165, 1.54) is 0 Å². The molecule has 1 aliphatic heterocycles. The third-order valence-electron chi connectivity index (χ3n) is 4.10. The van der Waals surface area contributed by atoms with Gasteiger partial charge >= 0.3 is 6.03 Å².